The van der Waals surface area contributed by atoms with Gasteiger partial charge in [0.2, 0.25) is 0 Å². The Morgan fingerprint density at radius 2 is 1.71 bits per heavy atom. The molecule has 1 nitrogen and oxygen atoms in total. The predicted molar refractivity (Wildman–Crippen MR) is 61.2 cm³/mol. The Hall–Kier alpha value is -0.400. The molecule has 0 atom stereocenters. The van der Waals surface area contributed by atoms with Crippen molar-refractivity contribution in [3.05, 3.63) is 29.8 Å². The second kappa shape index (κ2) is 5.47. The highest BCUT2D eigenvalue weighted by molar-refractivity contribution is 6.44. The van der Waals surface area contributed by atoms with Crippen LogP contribution < -0.4 is 4.74 Å². The van der Waals surface area contributed by atoms with Crippen LogP contribution >= 0.6 is 23.2 Å². The normalized spacial score (nSPS) is 11.0. The zero-order chi connectivity index (χ0) is 10.6. The molecular formula is C11H14Cl2O. The molecule has 78 valence electrons. The first-order valence-corrected chi connectivity index (χ1v) is 5.48. The van der Waals surface area contributed by atoms with Crippen molar-refractivity contribution in [3.63, 3.8) is 0 Å². The van der Waals surface area contributed by atoms with Crippen molar-refractivity contribution >= 4 is 23.2 Å². The van der Waals surface area contributed by atoms with Crippen LogP contribution in [0.4, 0.5) is 0 Å². The van der Waals surface area contributed by atoms with Gasteiger partial charge in [-0.15, -0.1) is 23.2 Å². The van der Waals surface area contributed by atoms with E-state index in [1.807, 2.05) is 24.3 Å². The van der Waals surface area contributed by atoms with E-state index in [0.717, 1.165) is 17.9 Å². The van der Waals surface area contributed by atoms with E-state index in [9.17, 15) is 0 Å². The number of hydrogen-bond donors (Lipinski definition) is 0. The van der Waals surface area contributed by atoms with Crippen molar-refractivity contribution in [1.29, 1.82) is 0 Å². The van der Waals surface area contributed by atoms with Crippen molar-refractivity contribution < 1.29 is 4.74 Å². The van der Waals surface area contributed by atoms with Gasteiger partial charge in [0.25, 0.3) is 0 Å². The van der Waals surface area contributed by atoms with Gasteiger partial charge < -0.3 is 4.74 Å². The van der Waals surface area contributed by atoms with E-state index in [-0.39, 0.29) is 0 Å². The molecule has 0 aliphatic heterocycles. The fourth-order valence-corrected chi connectivity index (χ4v) is 1.26. The van der Waals surface area contributed by atoms with E-state index < -0.39 is 4.84 Å². The number of ether oxygens (including phenoxy) is 1. The smallest absolute Gasteiger partial charge is 0.132 e. The molecule has 3 heteroatoms. The number of benzene rings is 1. The van der Waals surface area contributed by atoms with Gasteiger partial charge in [0, 0.05) is 0 Å². The zero-order valence-corrected chi connectivity index (χ0v) is 9.85. The van der Waals surface area contributed by atoms with E-state index >= 15 is 0 Å². The molecule has 0 heterocycles. The Bertz CT molecular complexity index is 267. The van der Waals surface area contributed by atoms with Gasteiger partial charge >= 0.3 is 0 Å². The lowest BCUT2D eigenvalue weighted by Gasteiger charge is -2.09. The molecule has 0 radical (unpaired) electrons. The van der Waals surface area contributed by atoms with Crippen LogP contribution in [0.3, 0.4) is 0 Å². The van der Waals surface area contributed by atoms with Crippen molar-refractivity contribution in [3.8, 4) is 5.75 Å². The average Bonchev–Trinajstić information content (AvgIpc) is 2.15. The molecule has 0 bridgehead atoms. The van der Waals surface area contributed by atoms with Crippen LogP contribution in [0.25, 0.3) is 0 Å². The van der Waals surface area contributed by atoms with Crippen molar-refractivity contribution in [1.82, 2.24) is 0 Å². The molecule has 0 aliphatic rings. The summed E-state index contributed by atoms with van der Waals surface area (Å²) in [6.07, 6.45) is 0. The molecule has 0 fully saturated rings. The molecule has 0 saturated heterocycles. The number of halogens is 2. The minimum atomic E-state index is -0.464. The highest BCUT2D eigenvalue weighted by Gasteiger charge is 2.03. The van der Waals surface area contributed by atoms with Crippen LogP contribution in [0.1, 0.15) is 24.2 Å². The maximum absolute atomic E-state index is 5.71. The summed E-state index contributed by atoms with van der Waals surface area (Å²) in [7, 11) is 0. The van der Waals surface area contributed by atoms with Gasteiger partial charge in [-0.05, 0) is 23.6 Å². The molecule has 1 aromatic carbocycles. The predicted octanol–water partition coefficient (Wildman–Crippen LogP) is 4.20. The summed E-state index contributed by atoms with van der Waals surface area (Å²) in [6, 6.07) is 7.52. The summed E-state index contributed by atoms with van der Waals surface area (Å²) in [6.45, 7) is 4.95. The van der Waals surface area contributed by atoms with E-state index in [2.05, 4.69) is 13.8 Å². The molecule has 0 amide bonds. The minimum absolute atomic E-state index is 0.464. The summed E-state index contributed by atoms with van der Waals surface area (Å²) in [5.74, 6) is 1.39. The molecule has 0 unspecified atom stereocenters. The van der Waals surface area contributed by atoms with Gasteiger partial charge in [0.05, 0.1) is 6.61 Å². The highest BCUT2D eigenvalue weighted by atomic mass is 35.5. The summed E-state index contributed by atoms with van der Waals surface area (Å²) < 4.78 is 5.52. The van der Waals surface area contributed by atoms with E-state index in [1.165, 1.54) is 0 Å². The molecule has 0 aliphatic carbocycles. The maximum atomic E-state index is 5.71. The SMILES string of the molecule is CC(C)COc1ccc(C(Cl)Cl)cc1. The molecule has 1 rings (SSSR count). The molecular weight excluding hydrogens is 219 g/mol. The molecule has 0 saturated carbocycles. The number of alkyl halides is 2. The fourth-order valence-electron chi connectivity index (χ4n) is 0.972. The highest BCUT2D eigenvalue weighted by Crippen LogP contribution is 2.26. The second-order valence-corrected chi connectivity index (χ2v) is 4.67. The number of hydrogen-bond acceptors (Lipinski definition) is 1. The van der Waals surface area contributed by atoms with Gasteiger partial charge in [-0.25, -0.2) is 0 Å². The van der Waals surface area contributed by atoms with Crippen molar-refractivity contribution in [2.45, 2.75) is 18.7 Å². The minimum Gasteiger partial charge on any atom is -0.493 e. The Kier molecular flexibility index (Phi) is 4.56. The van der Waals surface area contributed by atoms with Gasteiger partial charge in [0.1, 0.15) is 10.6 Å². The van der Waals surface area contributed by atoms with Gasteiger partial charge in [0.15, 0.2) is 0 Å². The summed E-state index contributed by atoms with van der Waals surface area (Å²) in [5, 5.41) is 0. The Labute approximate surface area is 95.0 Å². The summed E-state index contributed by atoms with van der Waals surface area (Å²) in [4.78, 5) is -0.464. The average molecular weight is 233 g/mol. The van der Waals surface area contributed by atoms with Crippen molar-refractivity contribution in [2.75, 3.05) is 6.61 Å². The van der Waals surface area contributed by atoms with E-state index in [4.69, 9.17) is 27.9 Å². The lowest BCUT2D eigenvalue weighted by Crippen LogP contribution is -2.04. The van der Waals surface area contributed by atoms with E-state index in [1.54, 1.807) is 0 Å². The third kappa shape index (κ3) is 3.77. The first-order valence-electron chi connectivity index (χ1n) is 4.60. The Balaban J connectivity index is 2.55. The molecule has 0 spiro atoms. The van der Waals surface area contributed by atoms with Gasteiger partial charge in [-0.3, -0.25) is 0 Å². The fraction of sp³-hybridized carbons (Fsp3) is 0.455. The largest absolute Gasteiger partial charge is 0.493 e. The zero-order valence-electron chi connectivity index (χ0n) is 8.34. The van der Waals surface area contributed by atoms with Gasteiger partial charge in [-0.2, -0.15) is 0 Å². The topological polar surface area (TPSA) is 9.23 Å². The Morgan fingerprint density at radius 1 is 1.14 bits per heavy atom. The summed E-state index contributed by atoms with van der Waals surface area (Å²) >= 11 is 11.4. The number of rotatable bonds is 4. The molecule has 0 N–H and O–H groups in total. The standard InChI is InChI=1S/C11H14Cl2O/c1-8(2)7-14-10-5-3-9(4-6-10)11(12)13/h3-6,8,11H,7H2,1-2H3. The monoisotopic (exact) mass is 232 g/mol. The van der Waals surface area contributed by atoms with Crippen LogP contribution in [0.15, 0.2) is 24.3 Å². The van der Waals surface area contributed by atoms with Crippen molar-refractivity contribution in [2.24, 2.45) is 5.92 Å². The van der Waals surface area contributed by atoms with E-state index in [0.29, 0.717) is 5.92 Å². The molecule has 14 heavy (non-hydrogen) atoms. The lowest BCUT2D eigenvalue weighted by molar-refractivity contribution is 0.271. The lowest BCUT2D eigenvalue weighted by atomic mass is 10.2. The maximum Gasteiger partial charge on any atom is 0.132 e. The van der Waals surface area contributed by atoms with Crippen LogP contribution in [-0.4, -0.2) is 6.61 Å². The van der Waals surface area contributed by atoms with Crippen LogP contribution in [0.2, 0.25) is 0 Å². The first kappa shape index (κ1) is 11.7. The first-order chi connectivity index (χ1) is 6.59. The van der Waals surface area contributed by atoms with Crippen LogP contribution in [0, 0.1) is 5.92 Å². The summed E-state index contributed by atoms with van der Waals surface area (Å²) in [5.41, 5.74) is 0.894. The third-order valence-corrected chi connectivity index (χ3v) is 2.22. The van der Waals surface area contributed by atoms with Gasteiger partial charge in [-0.1, -0.05) is 26.0 Å². The second-order valence-electron chi connectivity index (χ2n) is 3.57. The van der Waals surface area contributed by atoms with Crippen LogP contribution in [-0.2, 0) is 0 Å². The molecule has 1 aromatic rings. The third-order valence-electron chi connectivity index (χ3n) is 1.72. The Morgan fingerprint density at radius 3 is 2.14 bits per heavy atom. The quantitative estimate of drug-likeness (QED) is 0.708. The molecule has 0 aromatic heterocycles. The van der Waals surface area contributed by atoms with Crippen LogP contribution in [0.5, 0.6) is 5.75 Å².